The molecule has 3 nitrogen and oxygen atoms in total. The Morgan fingerprint density at radius 1 is 1.18 bits per heavy atom. The zero-order valence-electron chi connectivity index (χ0n) is 9.63. The predicted octanol–water partition coefficient (Wildman–Crippen LogP) is 2.56. The van der Waals surface area contributed by atoms with Gasteiger partial charge in [-0.25, -0.2) is 0 Å². The Balaban J connectivity index is 1.94. The number of benzene rings is 1. The smallest absolute Gasteiger partial charge is 0.0741 e. The summed E-state index contributed by atoms with van der Waals surface area (Å²) in [5.41, 5.74) is 2.06. The highest BCUT2D eigenvalue weighted by molar-refractivity contribution is 5.91. The molecule has 0 radical (unpaired) electrons. The second-order valence-electron chi connectivity index (χ2n) is 4.62. The number of nitrogens with zero attached hydrogens (tertiary/aromatic N) is 1. The Kier molecular flexibility index (Phi) is 2.69. The molecule has 17 heavy (non-hydrogen) atoms. The van der Waals surface area contributed by atoms with Crippen LogP contribution in [0.15, 0.2) is 36.5 Å². The molecule has 2 N–H and O–H groups in total. The topological polar surface area (TPSA) is 45.1 Å². The number of nitrogens with one attached hydrogen (secondary N) is 1. The molecule has 3 rings (SSSR count). The summed E-state index contributed by atoms with van der Waals surface area (Å²) in [4.78, 5) is 4.33. The molecule has 2 aromatic rings. The Hall–Kier alpha value is -1.61. The highest BCUT2D eigenvalue weighted by atomic mass is 16.3. The monoisotopic (exact) mass is 228 g/mol. The Bertz CT molecular complexity index is 521. The first-order valence-corrected chi connectivity index (χ1v) is 6.13. The third kappa shape index (κ3) is 1.98. The lowest BCUT2D eigenvalue weighted by molar-refractivity contribution is 0.172. The molecule has 0 amide bonds. The number of hydrogen-bond acceptors (Lipinski definition) is 3. The van der Waals surface area contributed by atoms with Gasteiger partial charge in [0.1, 0.15) is 0 Å². The number of aliphatic hydroxyl groups excluding tert-OH is 1. The summed E-state index contributed by atoms with van der Waals surface area (Å²) in [5.74, 6) is 0. The van der Waals surface area contributed by atoms with E-state index in [2.05, 4.69) is 22.4 Å². The maximum atomic E-state index is 9.84. The minimum absolute atomic E-state index is 0.181. The third-order valence-corrected chi connectivity index (χ3v) is 3.47. The fourth-order valence-electron chi connectivity index (χ4n) is 2.54. The quantitative estimate of drug-likeness (QED) is 0.830. The van der Waals surface area contributed by atoms with Crippen molar-refractivity contribution in [1.29, 1.82) is 0 Å². The van der Waals surface area contributed by atoms with Crippen molar-refractivity contribution in [3.05, 3.63) is 36.5 Å². The summed E-state index contributed by atoms with van der Waals surface area (Å²) in [6.45, 7) is 0. The van der Waals surface area contributed by atoms with Crippen LogP contribution >= 0.6 is 0 Å². The number of pyridine rings is 1. The Morgan fingerprint density at radius 3 is 2.94 bits per heavy atom. The van der Waals surface area contributed by atoms with Crippen LogP contribution in [-0.2, 0) is 0 Å². The highest BCUT2D eigenvalue weighted by Crippen LogP contribution is 2.27. The van der Waals surface area contributed by atoms with E-state index in [1.807, 2.05) is 18.2 Å². The first-order valence-electron chi connectivity index (χ1n) is 6.13. The van der Waals surface area contributed by atoms with E-state index < -0.39 is 0 Å². The molecule has 1 heterocycles. The van der Waals surface area contributed by atoms with Crippen molar-refractivity contribution in [2.45, 2.75) is 31.4 Å². The largest absolute Gasteiger partial charge is 0.391 e. The van der Waals surface area contributed by atoms with Crippen molar-refractivity contribution in [3.63, 3.8) is 0 Å². The van der Waals surface area contributed by atoms with Crippen molar-refractivity contribution in [1.82, 2.24) is 4.98 Å². The number of rotatable bonds is 2. The van der Waals surface area contributed by atoms with E-state index in [9.17, 15) is 5.11 Å². The van der Waals surface area contributed by atoms with E-state index in [4.69, 9.17) is 0 Å². The van der Waals surface area contributed by atoms with E-state index in [1.165, 1.54) is 0 Å². The van der Waals surface area contributed by atoms with Crippen molar-refractivity contribution < 1.29 is 5.11 Å². The Morgan fingerprint density at radius 2 is 2.12 bits per heavy atom. The van der Waals surface area contributed by atoms with E-state index in [-0.39, 0.29) is 12.1 Å². The van der Waals surface area contributed by atoms with Gasteiger partial charge in [0.25, 0.3) is 0 Å². The lowest BCUT2D eigenvalue weighted by Gasteiger charge is -2.18. The molecule has 1 fully saturated rings. The number of aromatic nitrogens is 1. The fraction of sp³-hybridized carbons (Fsp3) is 0.357. The van der Waals surface area contributed by atoms with Gasteiger partial charge < -0.3 is 10.4 Å². The van der Waals surface area contributed by atoms with Gasteiger partial charge in [0.15, 0.2) is 0 Å². The van der Waals surface area contributed by atoms with Crippen LogP contribution in [0, 0.1) is 0 Å². The van der Waals surface area contributed by atoms with Gasteiger partial charge >= 0.3 is 0 Å². The summed E-state index contributed by atoms with van der Waals surface area (Å²) in [6.07, 6.45) is 4.62. The van der Waals surface area contributed by atoms with Gasteiger partial charge in [-0.3, -0.25) is 4.98 Å². The van der Waals surface area contributed by atoms with Crippen molar-refractivity contribution >= 4 is 16.6 Å². The number of anilines is 1. The van der Waals surface area contributed by atoms with E-state index in [0.29, 0.717) is 0 Å². The molecule has 1 aliphatic rings. The van der Waals surface area contributed by atoms with Crippen molar-refractivity contribution in [2.75, 3.05) is 5.32 Å². The molecule has 0 bridgehead atoms. The van der Waals surface area contributed by atoms with E-state index in [0.717, 1.165) is 35.9 Å². The molecule has 0 unspecified atom stereocenters. The molecule has 1 aliphatic carbocycles. The summed E-state index contributed by atoms with van der Waals surface area (Å²) >= 11 is 0. The summed E-state index contributed by atoms with van der Waals surface area (Å²) < 4.78 is 0. The second kappa shape index (κ2) is 4.34. The maximum absolute atomic E-state index is 9.84. The SMILES string of the molecule is O[C@H]1CCC[C@@H]1Nc1cccc2ncccc12. The van der Waals surface area contributed by atoms with Gasteiger partial charge in [-0.05, 0) is 43.5 Å². The van der Waals surface area contributed by atoms with Gasteiger partial charge in [0, 0.05) is 17.3 Å². The Labute approximate surface area is 100 Å². The van der Waals surface area contributed by atoms with Crippen LogP contribution in [0.5, 0.6) is 0 Å². The predicted molar refractivity (Wildman–Crippen MR) is 69.0 cm³/mol. The normalized spacial score (nSPS) is 24.1. The second-order valence-corrected chi connectivity index (χ2v) is 4.62. The van der Waals surface area contributed by atoms with Gasteiger partial charge in [0.2, 0.25) is 0 Å². The lowest BCUT2D eigenvalue weighted by atomic mass is 10.1. The van der Waals surface area contributed by atoms with Gasteiger partial charge in [0.05, 0.1) is 17.7 Å². The lowest BCUT2D eigenvalue weighted by Crippen LogP contribution is -2.27. The highest BCUT2D eigenvalue weighted by Gasteiger charge is 2.25. The number of hydrogen-bond donors (Lipinski definition) is 2. The van der Waals surface area contributed by atoms with Crippen LogP contribution in [0.4, 0.5) is 5.69 Å². The van der Waals surface area contributed by atoms with Crippen molar-refractivity contribution in [2.24, 2.45) is 0 Å². The van der Waals surface area contributed by atoms with Crippen LogP contribution in [0.1, 0.15) is 19.3 Å². The molecule has 0 spiro atoms. The summed E-state index contributed by atoms with van der Waals surface area (Å²) in [6, 6.07) is 10.2. The molecule has 3 heteroatoms. The molecular weight excluding hydrogens is 212 g/mol. The zero-order chi connectivity index (χ0) is 11.7. The molecule has 1 aromatic carbocycles. The van der Waals surface area contributed by atoms with Crippen LogP contribution < -0.4 is 5.32 Å². The van der Waals surface area contributed by atoms with Gasteiger partial charge in [-0.2, -0.15) is 0 Å². The average Bonchev–Trinajstić information content (AvgIpc) is 2.76. The van der Waals surface area contributed by atoms with E-state index >= 15 is 0 Å². The zero-order valence-corrected chi connectivity index (χ0v) is 9.63. The molecule has 0 aliphatic heterocycles. The fourth-order valence-corrected chi connectivity index (χ4v) is 2.54. The minimum atomic E-state index is -0.220. The maximum Gasteiger partial charge on any atom is 0.0741 e. The third-order valence-electron chi connectivity index (χ3n) is 3.47. The van der Waals surface area contributed by atoms with Crippen molar-refractivity contribution in [3.8, 4) is 0 Å². The van der Waals surface area contributed by atoms with E-state index in [1.54, 1.807) is 6.20 Å². The van der Waals surface area contributed by atoms with Crippen LogP contribution in [0.25, 0.3) is 10.9 Å². The number of aliphatic hydroxyl groups is 1. The van der Waals surface area contributed by atoms with Gasteiger partial charge in [-0.15, -0.1) is 0 Å². The average molecular weight is 228 g/mol. The van der Waals surface area contributed by atoms with Crippen LogP contribution in [0.3, 0.4) is 0 Å². The summed E-state index contributed by atoms with van der Waals surface area (Å²) in [7, 11) is 0. The molecule has 2 atom stereocenters. The first-order chi connectivity index (χ1) is 8.34. The molecular formula is C14H16N2O. The minimum Gasteiger partial charge on any atom is -0.391 e. The standard InChI is InChI=1S/C14H16N2O/c17-14-8-2-7-13(14)16-12-6-1-5-11-10(12)4-3-9-15-11/h1,3-6,9,13-14,16-17H,2,7-8H2/t13-,14-/m0/s1. The molecule has 1 saturated carbocycles. The van der Waals surface area contributed by atoms with Crippen LogP contribution in [-0.4, -0.2) is 22.2 Å². The van der Waals surface area contributed by atoms with Crippen LogP contribution in [0.2, 0.25) is 0 Å². The van der Waals surface area contributed by atoms with Gasteiger partial charge in [-0.1, -0.05) is 6.07 Å². The summed E-state index contributed by atoms with van der Waals surface area (Å²) in [5, 5.41) is 14.4. The first kappa shape index (κ1) is 10.5. The molecule has 1 aromatic heterocycles. The molecule has 88 valence electrons. The number of fused-ring (bicyclic) bond motifs is 1. The molecule has 0 saturated heterocycles.